The molecule has 0 radical (unpaired) electrons. The van der Waals surface area contributed by atoms with Crippen LogP contribution < -0.4 is 4.90 Å². The van der Waals surface area contributed by atoms with Crippen LogP contribution in [0.1, 0.15) is 31.2 Å². The number of aromatic nitrogens is 1. The molecule has 1 atom stereocenters. The van der Waals surface area contributed by atoms with Crippen molar-refractivity contribution in [2.45, 2.75) is 37.9 Å². The first kappa shape index (κ1) is 15.4. The van der Waals surface area contributed by atoms with Crippen LogP contribution in [0.25, 0.3) is 0 Å². The van der Waals surface area contributed by atoms with Crippen LogP contribution in [-0.2, 0) is 6.18 Å². The third-order valence-electron chi connectivity index (χ3n) is 3.47. The van der Waals surface area contributed by atoms with Gasteiger partial charge in [0.25, 0.3) is 0 Å². The summed E-state index contributed by atoms with van der Waals surface area (Å²) < 4.78 is 38.4. The predicted octanol–water partition coefficient (Wildman–Crippen LogP) is 3.50. The summed E-state index contributed by atoms with van der Waals surface area (Å²) in [6.45, 7) is 0.752. The van der Waals surface area contributed by atoms with Crippen LogP contribution in [0.3, 0.4) is 0 Å². The van der Waals surface area contributed by atoms with Gasteiger partial charge in [-0.2, -0.15) is 13.2 Å². The molecule has 1 saturated heterocycles. The first-order valence-corrected chi connectivity index (χ1v) is 6.92. The normalized spacial score (nSPS) is 19.6. The number of alkyl halides is 3. The van der Waals surface area contributed by atoms with Crippen LogP contribution in [0, 0.1) is 0 Å². The van der Waals surface area contributed by atoms with Gasteiger partial charge in [0.1, 0.15) is 11.0 Å². The van der Waals surface area contributed by atoms with E-state index in [1.165, 1.54) is 0 Å². The smallest absolute Gasteiger partial charge is 0.396 e. The highest BCUT2D eigenvalue weighted by molar-refractivity contribution is 6.29. The molecule has 0 spiro atoms. The van der Waals surface area contributed by atoms with Crippen molar-refractivity contribution in [3.8, 4) is 0 Å². The largest absolute Gasteiger partial charge is 0.416 e. The maximum Gasteiger partial charge on any atom is 0.416 e. The topological polar surface area (TPSA) is 36.4 Å². The number of halogens is 4. The Morgan fingerprint density at radius 3 is 2.80 bits per heavy atom. The highest BCUT2D eigenvalue weighted by atomic mass is 35.5. The number of aliphatic hydroxyl groups excluding tert-OH is 1. The van der Waals surface area contributed by atoms with Gasteiger partial charge in [0.05, 0.1) is 5.56 Å². The molecule has 0 aromatic carbocycles. The summed E-state index contributed by atoms with van der Waals surface area (Å²) in [5.41, 5.74) is -0.777. The first-order chi connectivity index (χ1) is 9.41. The molecule has 7 heteroatoms. The maximum atomic E-state index is 12.8. The van der Waals surface area contributed by atoms with Crippen molar-refractivity contribution in [1.82, 2.24) is 4.98 Å². The molecule has 1 aromatic heterocycles. The summed E-state index contributed by atoms with van der Waals surface area (Å²) >= 11 is 5.71. The molecule has 2 heterocycles. The fraction of sp³-hybridized carbons (Fsp3) is 0.615. The van der Waals surface area contributed by atoms with E-state index in [4.69, 9.17) is 16.7 Å². The fourth-order valence-corrected chi connectivity index (χ4v) is 2.76. The van der Waals surface area contributed by atoms with Crippen LogP contribution in [0.4, 0.5) is 19.0 Å². The summed E-state index contributed by atoms with van der Waals surface area (Å²) in [6.07, 6.45) is -1.25. The molecule has 1 N–H and O–H groups in total. The molecule has 1 aliphatic rings. The number of anilines is 1. The molecule has 0 saturated carbocycles. The lowest BCUT2D eigenvalue weighted by molar-refractivity contribution is -0.137. The van der Waals surface area contributed by atoms with Gasteiger partial charge in [-0.3, -0.25) is 0 Å². The molecule has 3 nitrogen and oxygen atoms in total. The standard InChI is InChI=1S/C13H16ClF3N2O/c14-11-7-9(13(15,16)17)8-12(18-11)19-5-1-3-10(19)4-2-6-20/h7-8,10,20H,1-6H2. The van der Waals surface area contributed by atoms with Gasteiger partial charge in [-0.15, -0.1) is 0 Å². The summed E-state index contributed by atoms with van der Waals surface area (Å²) in [6, 6.07) is 2.00. The van der Waals surface area contributed by atoms with Crippen molar-refractivity contribution >= 4 is 17.4 Å². The third kappa shape index (κ3) is 3.55. The molecule has 1 fully saturated rings. The maximum absolute atomic E-state index is 12.8. The second-order valence-corrected chi connectivity index (χ2v) is 5.28. The minimum atomic E-state index is -4.43. The van der Waals surface area contributed by atoms with E-state index < -0.39 is 11.7 Å². The quantitative estimate of drug-likeness (QED) is 0.865. The molecule has 0 aliphatic carbocycles. The van der Waals surface area contributed by atoms with Crippen molar-refractivity contribution < 1.29 is 18.3 Å². The molecule has 20 heavy (non-hydrogen) atoms. The highest BCUT2D eigenvalue weighted by Crippen LogP contribution is 2.35. The molecule has 1 aromatic rings. The van der Waals surface area contributed by atoms with Crippen molar-refractivity contribution in [2.75, 3.05) is 18.1 Å². The van der Waals surface area contributed by atoms with E-state index in [1.807, 2.05) is 4.90 Å². The lowest BCUT2D eigenvalue weighted by atomic mass is 10.1. The Morgan fingerprint density at radius 2 is 2.15 bits per heavy atom. The van der Waals surface area contributed by atoms with Crippen molar-refractivity contribution in [3.05, 3.63) is 22.8 Å². The second-order valence-electron chi connectivity index (χ2n) is 4.89. The van der Waals surface area contributed by atoms with Crippen LogP contribution >= 0.6 is 11.6 Å². The van der Waals surface area contributed by atoms with Crippen LogP contribution in [-0.4, -0.2) is 29.3 Å². The van der Waals surface area contributed by atoms with Crippen LogP contribution in [0.2, 0.25) is 5.15 Å². The van der Waals surface area contributed by atoms with E-state index in [9.17, 15) is 13.2 Å². The number of hydrogen-bond acceptors (Lipinski definition) is 3. The number of rotatable bonds is 4. The van der Waals surface area contributed by atoms with E-state index in [0.717, 1.165) is 31.4 Å². The lowest BCUT2D eigenvalue weighted by Crippen LogP contribution is -2.30. The van der Waals surface area contributed by atoms with E-state index >= 15 is 0 Å². The Kier molecular flexibility index (Phi) is 4.75. The summed E-state index contributed by atoms with van der Waals surface area (Å²) in [4.78, 5) is 5.87. The Balaban J connectivity index is 2.25. The molecule has 1 aliphatic heterocycles. The molecule has 0 amide bonds. The molecule has 2 rings (SSSR count). The summed E-state index contributed by atoms with van der Waals surface area (Å²) in [5, 5.41) is 8.72. The van der Waals surface area contributed by atoms with Crippen molar-refractivity contribution in [2.24, 2.45) is 0 Å². The minimum Gasteiger partial charge on any atom is -0.396 e. The predicted molar refractivity (Wildman–Crippen MR) is 70.9 cm³/mol. The van der Waals surface area contributed by atoms with Gasteiger partial charge < -0.3 is 10.0 Å². The Hall–Kier alpha value is -1.01. The van der Waals surface area contributed by atoms with Gasteiger partial charge in [0, 0.05) is 19.2 Å². The zero-order chi connectivity index (χ0) is 14.8. The highest BCUT2D eigenvalue weighted by Gasteiger charge is 2.33. The minimum absolute atomic E-state index is 0.0844. The van der Waals surface area contributed by atoms with Crippen LogP contribution in [0.5, 0.6) is 0 Å². The van der Waals surface area contributed by atoms with Gasteiger partial charge in [-0.1, -0.05) is 11.6 Å². The average Bonchev–Trinajstić information content (AvgIpc) is 2.82. The van der Waals surface area contributed by atoms with Gasteiger partial charge in [-0.25, -0.2) is 4.98 Å². The number of hydrogen-bond donors (Lipinski definition) is 1. The number of nitrogens with zero attached hydrogens (tertiary/aromatic N) is 2. The van der Waals surface area contributed by atoms with Gasteiger partial charge in [-0.05, 0) is 37.8 Å². The zero-order valence-corrected chi connectivity index (χ0v) is 11.6. The molecular weight excluding hydrogens is 293 g/mol. The molecule has 0 bridgehead atoms. The van der Waals surface area contributed by atoms with Gasteiger partial charge in [0.2, 0.25) is 0 Å². The van der Waals surface area contributed by atoms with Crippen LogP contribution in [0.15, 0.2) is 12.1 Å². The Bertz CT molecular complexity index is 467. The number of aliphatic hydroxyl groups is 1. The second kappa shape index (κ2) is 6.18. The molecule has 112 valence electrons. The van der Waals surface area contributed by atoms with Gasteiger partial charge in [0.15, 0.2) is 0 Å². The zero-order valence-electron chi connectivity index (χ0n) is 10.8. The monoisotopic (exact) mass is 308 g/mol. The molecular formula is C13H16ClF3N2O. The van der Waals surface area contributed by atoms with Crippen molar-refractivity contribution in [1.29, 1.82) is 0 Å². The first-order valence-electron chi connectivity index (χ1n) is 6.54. The third-order valence-corrected chi connectivity index (χ3v) is 3.67. The summed E-state index contributed by atoms with van der Waals surface area (Å²) in [7, 11) is 0. The van der Waals surface area contributed by atoms with E-state index in [1.54, 1.807) is 0 Å². The Morgan fingerprint density at radius 1 is 1.40 bits per heavy atom. The fourth-order valence-electron chi connectivity index (χ4n) is 2.56. The van der Waals surface area contributed by atoms with E-state index in [2.05, 4.69) is 4.98 Å². The lowest BCUT2D eigenvalue weighted by Gasteiger charge is -2.26. The average molecular weight is 309 g/mol. The number of pyridine rings is 1. The SMILES string of the molecule is OCCCC1CCCN1c1cc(C(F)(F)F)cc(Cl)n1. The molecule has 1 unspecified atom stereocenters. The van der Waals surface area contributed by atoms with Gasteiger partial charge >= 0.3 is 6.18 Å². The van der Waals surface area contributed by atoms with E-state index in [0.29, 0.717) is 13.0 Å². The summed E-state index contributed by atoms with van der Waals surface area (Å²) in [5.74, 6) is 0.269. The Labute approximate surface area is 120 Å². The van der Waals surface area contributed by atoms with E-state index in [-0.39, 0.29) is 23.6 Å². The van der Waals surface area contributed by atoms with Crippen molar-refractivity contribution in [3.63, 3.8) is 0 Å².